The molecule has 0 bridgehead atoms. The molecule has 7 heteroatoms. The summed E-state index contributed by atoms with van der Waals surface area (Å²) in [5, 5.41) is -0.318. The van der Waals surface area contributed by atoms with Crippen LogP contribution in [0.5, 0.6) is 23.0 Å². The third-order valence-corrected chi connectivity index (χ3v) is 5.56. The maximum absolute atomic E-state index is 12.8. The lowest BCUT2D eigenvalue weighted by atomic mass is 10.2. The van der Waals surface area contributed by atoms with Crippen LogP contribution in [-0.4, -0.2) is 36.3 Å². The van der Waals surface area contributed by atoms with E-state index in [1.807, 2.05) is 66.7 Å². The summed E-state index contributed by atoms with van der Waals surface area (Å²) in [4.78, 5) is 26.7. The van der Waals surface area contributed by atoms with Crippen molar-refractivity contribution in [2.24, 2.45) is 0 Å². The molecule has 1 heterocycles. The van der Waals surface area contributed by atoms with Crippen molar-refractivity contribution in [1.82, 2.24) is 4.90 Å². The molecule has 32 heavy (non-hydrogen) atoms. The van der Waals surface area contributed by atoms with Crippen molar-refractivity contribution >= 4 is 29.0 Å². The molecule has 0 N–H and O–H groups in total. The minimum Gasteiger partial charge on any atom is -0.493 e. The summed E-state index contributed by atoms with van der Waals surface area (Å²) in [5.41, 5.74) is 0.772. The monoisotopic (exact) mass is 447 g/mol. The van der Waals surface area contributed by atoms with Gasteiger partial charge in [0.25, 0.3) is 11.1 Å². The topological polar surface area (TPSA) is 65.1 Å². The number of carbonyl (C=O) groups is 2. The molecule has 6 nitrogen and oxygen atoms in total. The highest BCUT2D eigenvalue weighted by Gasteiger charge is 2.34. The van der Waals surface area contributed by atoms with E-state index < -0.39 is 0 Å². The molecular formula is C25H21NO5S. The molecule has 162 valence electrons. The van der Waals surface area contributed by atoms with Crippen LogP contribution in [0.4, 0.5) is 4.79 Å². The van der Waals surface area contributed by atoms with Crippen LogP contribution < -0.4 is 14.2 Å². The van der Waals surface area contributed by atoms with Crippen LogP contribution in [0.2, 0.25) is 0 Å². The van der Waals surface area contributed by atoms with E-state index in [1.165, 1.54) is 4.90 Å². The smallest absolute Gasteiger partial charge is 0.293 e. The highest BCUT2D eigenvalue weighted by molar-refractivity contribution is 8.18. The molecule has 1 aliphatic rings. The van der Waals surface area contributed by atoms with Gasteiger partial charge in [0.15, 0.2) is 11.5 Å². The molecule has 0 spiro atoms. The van der Waals surface area contributed by atoms with E-state index in [1.54, 1.807) is 25.3 Å². The molecule has 2 amide bonds. The minimum atomic E-state index is -0.335. The zero-order chi connectivity index (χ0) is 22.3. The molecule has 1 fully saturated rings. The summed E-state index contributed by atoms with van der Waals surface area (Å²) < 4.78 is 16.8. The van der Waals surface area contributed by atoms with Gasteiger partial charge in [-0.25, -0.2) is 0 Å². The van der Waals surface area contributed by atoms with Crippen LogP contribution in [0.25, 0.3) is 6.08 Å². The average Bonchev–Trinajstić information content (AvgIpc) is 3.07. The van der Waals surface area contributed by atoms with Crippen molar-refractivity contribution in [3.63, 3.8) is 0 Å². The van der Waals surface area contributed by atoms with Gasteiger partial charge in [-0.15, -0.1) is 0 Å². The first kappa shape index (κ1) is 21.5. The molecule has 3 aromatic rings. The fourth-order valence-electron chi connectivity index (χ4n) is 3.12. The number of benzene rings is 3. The molecule has 0 atom stereocenters. The Labute approximate surface area is 190 Å². The third-order valence-electron chi connectivity index (χ3n) is 4.65. The fourth-order valence-corrected chi connectivity index (χ4v) is 3.99. The van der Waals surface area contributed by atoms with E-state index in [4.69, 9.17) is 14.2 Å². The molecule has 0 aliphatic carbocycles. The highest BCUT2D eigenvalue weighted by atomic mass is 32.2. The maximum Gasteiger partial charge on any atom is 0.293 e. The van der Waals surface area contributed by atoms with Crippen LogP contribution in [0.3, 0.4) is 0 Å². The summed E-state index contributed by atoms with van der Waals surface area (Å²) in [6.45, 7) is 0.323. The molecule has 1 saturated heterocycles. The normalized spacial score (nSPS) is 14.7. The van der Waals surface area contributed by atoms with Crippen molar-refractivity contribution in [2.75, 3.05) is 20.3 Å². The lowest BCUT2D eigenvalue weighted by Gasteiger charge is -2.14. The number of para-hydroxylation sites is 3. The number of ether oxygens (including phenoxy) is 3. The van der Waals surface area contributed by atoms with Crippen molar-refractivity contribution in [2.45, 2.75) is 0 Å². The first-order valence-corrected chi connectivity index (χ1v) is 10.8. The molecule has 0 aromatic heterocycles. The number of methoxy groups -OCH3 is 1. The SMILES string of the molecule is COc1ccccc1OCCN1C(=O)S/C(=C\c2cccc(Oc3ccccc3)c2)C1=O. The quantitative estimate of drug-likeness (QED) is 0.419. The largest absolute Gasteiger partial charge is 0.493 e. The predicted molar refractivity (Wildman–Crippen MR) is 124 cm³/mol. The van der Waals surface area contributed by atoms with Gasteiger partial charge in [0.05, 0.1) is 18.6 Å². The summed E-state index contributed by atoms with van der Waals surface area (Å²) in [6.07, 6.45) is 1.70. The van der Waals surface area contributed by atoms with Crippen molar-refractivity contribution in [3.8, 4) is 23.0 Å². The number of hydrogen-bond acceptors (Lipinski definition) is 6. The zero-order valence-corrected chi connectivity index (χ0v) is 18.2. The van der Waals surface area contributed by atoms with Crippen LogP contribution in [0.15, 0.2) is 83.8 Å². The van der Waals surface area contributed by atoms with E-state index in [-0.39, 0.29) is 24.3 Å². The Morgan fingerprint density at radius 2 is 1.59 bits per heavy atom. The van der Waals surface area contributed by atoms with Crippen LogP contribution >= 0.6 is 11.8 Å². The molecule has 1 aliphatic heterocycles. The Morgan fingerprint density at radius 1 is 0.875 bits per heavy atom. The van der Waals surface area contributed by atoms with E-state index in [9.17, 15) is 9.59 Å². The van der Waals surface area contributed by atoms with E-state index >= 15 is 0 Å². The van der Waals surface area contributed by atoms with Gasteiger partial charge in [-0.2, -0.15) is 0 Å². The maximum atomic E-state index is 12.8. The van der Waals surface area contributed by atoms with Gasteiger partial charge >= 0.3 is 0 Å². The summed E-state index contributed by atoms with van der Waals surface area (Å²) >= 11 is 0.918. The van der Waals surface area contributed by atoms with Crippen LogP contribution in [0.1, 0.15) is 5.56 Å². The number of imide groups is 1. The standard InChI is InChI=1S/C25H21NO5S/c1-29-21-12-5-6-13-22(21)30-15-14-26-24(27)23(32-25(26)28)17-18-8-7-11-20(16-18)31-19-9-3-2-4-10-19/h2-13,16-17H,14-15H2,1H3/b23-17-. The molecule has 3 aromatic carbocycles. The van der Waals surface area contributed by atoms with Gasteiger partial charge in [0.2, 0.25) is 0 Å². The number of rotatable bonds is 8. The summed E-state index contributed by atoms with van der Waals surface area (Å²) in [6, 6.07) is 24.0. The third kappa shape index (κ3) is 5.12. The van der Waals surface area contributed by atoms with E-state index in [0.29, 0.717) is 22.2 Å². The van der Waals surface area contributed by atoms with Crippen molar-refractivity contribution in [3.05, 3.63) is 89.3 Å². The van der Waals surface area contributed by atoms with Gasteiger partial charge < -0.3 is 14.2 Å². The molecule has 0 unspecified atom stereocenters. The van der Waals surface area contributed by atoms with Crippen molar-refractivity contribution < 1.29 is 23.8 Å². The fraction of sp³-hybridized carbons (Fsp3) is 0.120. The molecule has 0 saturated carbocycles. The Balaban J connectivity index is 1.40. The Kier molecular flexibility index (Phi) is 6.77. The lowest BCUT2D eigenvalue weighted by Crippen LogP contribution is -2.32. The highest BCUT2D eigenvalue weighted by Crippen LogP contribution is 2.33. The minimum absolute atomic E-state index is 0.150. The van der Waals surface area contributed by atoms with Gasteiger partial charge in [0, 0.05) is 0 Å². The Morgan fingerprint density at radius 3 is 2.38 bits per heavy atom. The van der Waals surface area contributed by atoms with Crippen molar-refractivity contribution in [1.29, 1.82) is 0 Å². The molecule has 4 rings (SSSR count). The second kappa shape index (κ2) is 10.1. The summed E-state index contributed by atoms with van der Waals surface area (Å²) in [5.74, 6) is 2.19. The first-order chi connectivity index (χ1) is 15.6. The number of amides is 2. The van der Waals surface area contributed by atoms with Gasteiger partial charge in [-0.1, -0.05) is 42.5 Å². The average molecular weight is 448 g/mol. The van der Waals surface area contributed by atoms with Gasteiger partial charge in [-0.05, 0) is 59.8 Å². The number of nitrogens with zero attached hydrogens (tertiary/aromatic N) is 1. The lowest BCUT2D eigenvalue weighted by molar-refractivity contribution is -0.123. The number of thioether (sulfide) groups is 1. The Hall–Kier alpha value is -3.71. The van der Waals surface area contributed by atoms with Gasteiger partial charge in [0.1, 0.15) is 18.1 Å². The number of hydrogen-bond donors (Lipinski definition) is 0. The predicted octanol–water partition coefficient (Wildman–Crippen LogP) is 5.60. The van der Waals surface area contributed by atoms with E-state index in [0.717, 1.165) is 23.1 Å². The van der Waals surface area contributed by atoms with Crippen LogP contribution in [-0.2, 0) is 4.79 Å². The number of carbonyl (C=O) groups excluding carboxylic acids is 2. The van der Waals surface area contributed by atoms with Gasteiger partial charge in [-0.3, -0.25) is 14.5 Å². The van der Waals surface area contributed by atoms with Crippen LogP contribution in [0, 0.1) is 0 Å². The summed E-state index contributed by atoms with van der Waals surface area (Å²) in [7, 11) is 1.56. The second-order valence-corrected chi connectivity index (χ2v) is 7.81. The first-order valence-electron chi connectivity index (χ1n) is 9.98. The zero-order valence-electron chi connectivity index (χ0n) is 17.4. The molecular weight excluding hydrogens is 426 g/mol. The molecule has 0 radical (unpaired) electrons. The van der Waals surface area contributed by atoms with E-state index in [2.05, 4.69) is 0 Å². The Bertz CT molecular complexity index is 1150. The second-order valence-electron chi connectivity index (χ2n) is 6.82.